The van der Waals surface area contributed by atoms with Crippen LogP contribution in [0.4, 0.5) is 11.5 Å². The summed E-state index contributed by atoms with van der Waals surface area (Å²) in [5.74, 6) is 1.02. The van der Waals surface area contributed by atoms with Crippen LogP contribution in [0.3, 0.4) is 0 Å². The van der Waals surface area contributed by atoms with E-state index in [0.717, 1.165) is 18.1 Å². The standard InChI is InChI=1S/C10H15N3/c1-2-13(9-3-4-9)10-7-8(11)5-6-12-10/h5-7,9H,2-4H2,1H3,(H2,11,12). The molecule has 2 rings (SSSR count). The molecule has 3 nitrogen and oxygen atoms in total. The normalized spacial score (nSPS) is 15.8. The summed E-state index contributed by atoms with van der Waals surface area (Å²) in [6.45, 7) is 3.17. The fourth-order valence-corrected chi connectivity index (χ4v) is 1.58. The Morgan fingerprint density at radius 1 is 1.62 bits per heavy atom. The molecule has 2 N–H and O–H groups in total. The maximum absolute atomic E-state index is 5.70. The van der Waals surface area contributed by atoms with Crippen LogP contribution in [0.1, 0.15) is 19.8 Å². The lowest BCUT2D eigenvalue weighted by atomic mass is 10.3. The van der Waals surface area contributed by atoms with Crippen LogP contribution in [0, 0.1) is 0 Å². The molecule has 0 saturated heterocycles. The van der Waals surface area contributed by atoms with Crippen molar-refractivity contribution in [3.05, 3.63) is 18.3 Å². The molecule has 0 atom stereocenters. The van der Waals surface area contributed by atoms with Gasteiger partial charge in [0.2, 0.25) is 0 Å². The second kappa shape index (κ2) is 3.24. The Balaban J connectivity index is 2.21. The van der Waals surface area contributed by atoms with Crippen molar-refractivity contribution in [2.75, 3.05) is 17.2 Å². The number of rotatable bonds is 3. The fraction of sp³-hybridized carbons (Fsp3) is 0.500. The molecule has 0 radical (unpaired) electrons. The van der Waals surface area contributed by atoms with Crippen LogP contribution < -0.4 is 10.6 Å². The summed E-state index contributed by atoms with van der Waals surface area (Å²) in [6.07, 6.45) is 4.37. The Kier molecular flexibility index (Phi) is 2.08. The number of hydrogen-bond donors (Lipinski definition) is 1. The number of anilines is 2. The highest BCUT2D eigenvalue weighted by molar-refractivity contribution is 5.51. The first-order valence-electron chi connectivity index (χ1n) is 4.79. The van der Waals surface area contributed by atoms with Crippen LogP contribution in [-0.4, -0.2) is 17.6 Å². The number of aromatic nitrogens is 1. The van der Waals surface area contributed by atoms with E-state index in [1.165, 1.54) is 12.8 Å². The van der Waals surface area contributed by atoms with E-state index in [1.807, 2.05) is 12.1 Å². The zero-order valence-electron chi connectivity index (χ0n) is 7.90. The molecular formula is C10H15N3. The lowest BCUT2D eigenvalue weighted by Crippen LogP contribution is -2.25. The molecule has 1 saturated carbocycles. The van der Waals surface area contributed by atoms with Gasteiger partial charge in [-0.05, 0) is 25.8 Å². The molecule has 0 unspecified atom stereocenters. The van der Waals surface area contributed by atoms with E-state index in [1.54, 1.807) is 6.20 Å². The zero-order valence-corrected chi connectivity index (χ0v) is 7.90. The van der Waals surface area contributed by atoms with Gasteiger partial charge in [0.25, 0.3) is 0 Å². The molecule has 1 aliphatic rings. The number of nitrogens with two attached hydrogens (primary N) is 1. The van der Waals surface area contributed by atoms with E-state index in [9.17, 15) is 0 Å². The highest BCUT2D eigenvalue weighted by Crippen LogP contribution is 2.30. The van der Waals surface area contributed by atoms with Crippen molar-refractivity contribution in [3.63, 3.8) is 0 Å². The highest BCUT2D eigenvalue weighted by Gasteiger charge is 2.28. The van der Waals surface area contributed by atoms with Crippen LogP contribution in [0.2, 0.25) is 0 Å². The third-order valence-corrected chi connectivity index (χ3v) is 2.39. The third-order valence-electron chi connectivity index (χ3n) is 2.39. The van der Waals surface area contributed by atoms with Gasteiger partial charge in [-0.2, -0.15) is 0 Å². The van der Waals surface area contributed by atoms with E-state index in [2.05, 4.69) is 16.8 Å². The minimum Gasteiger partial charge on any atom is -0.399 e. The third kappa shape index (κ3) is 1.74. The molecular weight excluding hydrogens is 162 g/mol. The molecule has 0 aromatic carbocycles. The average molecular weight is 177 g/mol. The summed E-state index contributed by atoms with van der Waals surface area (Å²) in [7, 11) is 0. The van der Waals surface area contributed by atoms with E-state index < -0.39 is 0 Å². The van der Waals surface area contributed by atoms with Crippen molar-refractivity contribution in [1.29, 1.82) is 0 Å². The lowest BCUT2D eigenvalue weighted by molar-refractivity contribution is 0.809. The Bertz CT molecular complexity index is 294. The van der Waals surface area contributed by atoms with Crippen molar-refractivity contribution >= 4 is 11.5 Å². The first-order chi connectivity index (χ1) is 6.31. The van der Waals surface area contributed by atoms with E-state index in [-0.39, 0.29) is 0 Å². The van der Waals surface area contributed by atoms with Crippen LogP contribution >= 0.6 is 0 Å². The molecule has 0 spiro atoms. The number of nitrogens with zero attached hydrogens (tertiary/aromatic N) is 2. The largest absolute Gasteiger partial charge is 0.399 e. The van der Waals surface area contributed by atoms with Gasteiger partial charge in [-0.3, -0.25) is 0 Å². The summed E-state index contributed by atoms with van der Waals surface area (Å²) < 4.78 is 0. The smallest absolute Gasteiger partial charge is 0.130 e. The minimum atomic E-state index is 0.708. The van der Waals surface area contributed by atoms with Crippen molar-refractivity contribution < 1.29 is 0 Å². The quantitative estimate of drug-likeness (QED) is 0.763. The maximum Gasteiger partial charge on any atom is 0.130 e. The van der Waals surface area contributed by atoms with Gasteiger partial charge in [-0.25, -0.2) is 4.98 Å². The fourth-order valence-electron chi connectivity index (χ4n) is 1.58. The van der Waals surface area contributed by atoms with Crippen molar-refractivity contribution in [2.45, 2.75) is 25.8 Å². The predicted octanol–water partition coefficient (Wildman–Crippen LogP) is 1.65. The summed E-state index contributed by atoms with van der Waals surface area (Å²) in [5.41, 5.74) is 6.50. The van der Waals surface area contributed by atoms with Crippen molar-refractivity contribution in [1.82, 2.24) is 4.98 Å². The molecule has 0 bridgehead atoms. The van der Waals surface area contributed by atoms with Crippen molar-refractivity contribution in [3.8, 4) is 0 Å². The molecule has 1 heterocycles. The predicted molar refractivity (Wildman–Crippen MR) is 54.7 cm³/mol. The van der Waals surface area contributed by atoms with Gasteiger partial charge in [-0.15, -0.1) is 0 Å². The van der Waals surface area contributed by atoms with Crippen LogP contribution in [0.15, 0.2) is 18.3 Å². The number of nitrogen functional groups attached to an aromatic ring is 1. The maximum atomic E-state index is 5.70. The van der Waals surface area contributed by atoms with Gasteiger partial charge in [0.05, 0.1) is 0 Å². The van der Waals surface area contributed by atoms with E-state index >= 15 is 0 Å². The van der Waals surface area contributed by atoms with Gasteiger partial charge < -0.3 is 10.6 Å². The van der Waals surface area contributed by atoms with Gasteiger partial charge in [0, 0.05) is 30.5 Å². The lowest BCUT2D eigenvalue weighted by Gasteiger charge is -2.21. The molecule has 1 aromatic heterocycles. The molecule has 0 aliphatic heterocycles. The Morgan fingerprint density at radius 2 is 2.38 bits per heavy atom. The van der Waals surface area contributed by atoms with Gasteiger partial charge in [-0.1, -0.05) is 0 Å². The zero-order chi connectivity index (χ0) is 9.26. The SMILES string of the molecule is CCN(c1cc(N)ccn1)C1CC1. The van der Waals surface area contributed by atoms with Gasteiger partial charge >= 0.3 is 0 Å². The average Bonchev–Trinajstić information content (AvgIpc) is 2.90. The summed E-state index contributed by atoms with van der Waals surface area (Å²) in [5, 5.41) is 0. The molecule has 3 heteroatoms. The van der Waals surface area contributed by atoms with Gasteiger partial charge in [0.1, 0.15) is 5.82 Å². The molecule has 1 fully saturated rings. The summed E-state index contributed by atoms with van der Waals surface area (Å²) in [6, 6.07) is 4.48. The van der Waals surface area contributed by atoms with Crippen LogP contribution in [0.25, 0.3) is 0 Å². The summed E-state index contributed by atoms with van der Waals surface area (Å²) in [4.78, 5) is 6.63. The Morgan fingerprint density at radius 3 is 2.92 bits per heavy atom. The summed E-state index contributed by atoms with van der Waals surface area (Å²) >= 11 is 0. The number of pyridine rings is 1. The van der Waals surface area contributed by atoms with E-state index in [0.29, 0.717) is 6.04 Å². The Hall–Kier alpha value is -1.25. The van der Waals surface area contributed by atoms with E-state index in [4.69, 9.17) is 5.73 Å². The highest BCUT2D eigenvalue weighted by atomic mass is 15.2. The molecule has 1 aromatic rings. The Labute approximate surface area is 78.6 Å². The van der Waals surface area contributed by atoms with Crippen LogP contribution in [-0.2, 0) is 0 Å². The second-order valence-corrected chi connectivity index (χ2v) is 3.46. The van der Waals surface area contributed by atoms with Crippen molar-refractivity contribution in [2.24, 2.45) is 0 Å². The topological polar surface area (TPSA) is 42.1 Å². The number of hydrogen-bond acceptors (Lipinski definition) is 3. The molecule has 13 heavy (non-hydrogen) atoms. The van der Waals surface area contributed by atoms with Crippen LogP contribution in [0.5, 0.6) is 0 Å². The molecule has 70 valence electrons. The molecule has 1 aliphatic carbocycles. The first-order valence-corrected chi connectivity index (χ1v) is 4.79. The monoisotopic (exact) mass is 177 g/mol. The minimum absolute atomic E-state index is 0.708. The first kappa shape index (κ1) is 8.35. The van der Waals surface area contributed by atoms with Gasteiger partial charge in [0.15, 0.2) is 0 Å². The second-order valence-electron chi connectivity index (χ2n) is 3.46. The molecule has 0 amide bonds.